The highest BCUT2D eigenvalue weighted by Gasteiger charge is 2.24. The van der Waals surface area contributed by atoms with Gasteiger partial charge in [-0.25, -0.2) is 4.79 Å². The Labute approximate surface area is 220 Å². The molecule has 2 aromatic carbocycles. The number of aromatic nitrogens is 1. The van der Waals surface area contributed by atoms with Gasteiger partial charge in [-0.3, -0.25) is 9.78 Å². The average Bonchev–Trinajstić information content (AvgIpc) is 2.87. The Bertz CT molecular complexity index is 1210. The second kappa shape index (κ2) is 12.7. The molecular weight excluding hydrogens is 464 g/mol. The van der Waals surface area contributed by atoms with Crippen LogP contribution in [0, 0.1) is 18.3 Å². The molecule has 37 heavy (non-hydrogen) atoms. The second-order valence-electron chi connectivity index (χ2n) is 11.2. The number of nitrogens with one attached hydrogen (secondary N) is 1. The number of hydrogen-bond acceptors (Lipinski definition) is 4. The molecule has 2 N–H and O–H groups in total. The number of carboxylic acids is 1. The van der Waals surface area contributed by atoms with Crippen LogP contribution in [0.25, 0.3) is 10.8 Å². The van der Waals surface area contributed by atoms with Gasteiger partial charge >= 0.3 is 5.97 Å². The minimum atomic E-state index is -0.904. The van der Waals surface area contributed by atoms with Crippen molar-refractivity contribution in [3.05, 3.63) is 71.5 Å². The number of amides is 1. The van der Waals surface area contributed by atoms with Crippen molar-refractivity contribution < 1.29 is 19.4 Å². The van der Waals surface area contributed by atoms with Gasteiger partial charge in [0.1, 0.15) is 5.75 Å². The van der Waals surface area contributed by atoms with Crippen LogP contribution >= 0.6 is 0 Å². The lowest BCUT2D eigenvalue weighted by molar-refractivity contribution is -0.123. The van der Waals surface area contributed by atoms with Crippen LogP contribution in [0.15, 0.2) is 54.9 Å². The lowest BCUT2D eigenvalue weighted by atomic mass is 9.78. The Kier molecular flexibility index (Phi) is 9.67. The molecule has 1 saturated carbocycles. The monoisotopic (exact) mass is 504 g/mol. The molecule has 198 valence electrons. The quantitative estimate of drug-likeness (QED) is 0.387. The van der Waals surface area contributed by atoms with Crippen LogP contribution in [0.2, 0.25) is 0 Å². The summed E-state index contributed by atoms with van der Waals surface area (Å²) in [7, 11) is 1.72. The van der Waals surface area contributed by atoms with Crippen molar-refractivity contribution in [2.45, 2.75) is 65.7 Å². The van der Waals surface area contributed by atoms with Crippen LogP contribution in [0.4, 0.5) is 0 Å². The van der Waals surface area contributed by atoms with Gasteiger partial charge in [0, 0.05) is 30.7 Å². The molecular formula is C31H40N2O4. The molecule has 0 aliphatic heterocycles. The molecule has 3 aromatic rings. The van der Waals surface area contributed by atoms with E-state index < -0.39 is 5.97 Å². The minimum absolute atomic E-state index is 0.0635. The van der Waals surface area contributed by atoms with Crippen LogP contribution in [-0.2, 0) is 4.79 Å². The third kappa shape index (κ3) is 8.59. The SMILES string of the molecule is COc1ccc(C2CCC(CNC(=O)CC(C)(C)C)CC2)cc1C.O=C(O)c1ccc2cnccc2c1. The standard InChI is InChI=1S/C21H33NO2.C10H7NO2/c1-15-12-18(10-11-19(15)24-5)17-8-6-16(7-9-17)14-22-20(23)13-21(2,3)4;12-10(13)8-1-2-9-6-11-4-3-7(9)5-8/h10-12,16-17H,6-9,13-14H2,1-5H3,(H,22,23);1-6H,(H,12,13). The Balaban J connectivity index is 0.000000244. The van der Waals surface area contributed by atoms with Gasteiger partial charge in [-0.1, -0.05) is 39.0 Å². The number of hydrogen-bond donors (Lipinski definition) is 2. The molecule has 1 aliphatic carbocycles. The maximum Gasteiger partial charge on any atom is 0.335 e. The fourth-order valence-electron chi connectivity index (χ4n) is 4.87. The lowest BCUT2D eigenvalue weighted by Gasteiger charge is -2.29. The molecule has 1 aliphatic rings. The molecule has 4 rings (SSSR count). The van der Waals surface area contributed by atoms with Crippen molar-refractivity contribution in [3.63, 3.8) is 0 Å². The van der Waals surface area contributed by atoms with Crippen molar-refractivity contribution in [3.8, 4) is 5.75 Å². The van der Waals surface area contributed by atoms with E-state index in [1.54, 1.807) is 43.8 Å². The lowest BCUT2D eigenvalue weighted by Crippen LogP contribution is -2.33. The normalized spacial score (nSPS) is 17.4. The van der Waals surface area contributed by atoms with Crippen molar-refractivity contribution in [2.75, 3.05) is 13.7 Å². The van der Waals surface area contributed by atoms with Gasteiger partial charge in [0.25, 0.3) is 0 Å². The van der Waals surface area contributed by atoms with E-state index >= 15 is 0 Å². The number of aryl methyl sites for hydroxylation is 1. The minimum Gasteiger partial charge on any atom is -0.496 e. The number of carbonyl (C=O) groups is 2. The highest BCUT2D eigenvalue weighted by Crippen LogP contribution is 2.37. The number of benzene rings is 2. The third-order valence-electron chi connectivity index (χ3n) is 6.90. The zero-order valence-electron chi connectivity index (χ0n) is 22.7. The first kappa shape index (κ1) is 28.2. The summed E-state index contributed by atoms with van der Waals surface area (Å²) in [4.78, 5) is 26.5. The van der Waals surface area contributed by atoms with Crippen molar-refractivity contribution in [2.24, 2.45) is 11.3 Å². The van der Waals surface area contributed by atoms with Gasteiger partial charge in [0.15, 0.2) is 0 Å². The van der Waals surface area contributed by atoms with Gasteiger partial charge in [0.2, 0.25) is 5.91 Å². The summed E-state index contributed by atoms with van der Waals surface area (Å²) in [5, 5.41) is 13.7. The number of aromatic carboxylic acids is 1. The molecule has 1 amide bonds. The zero-order valence-corrected chi connectivity index (χ0v) is 22.7. The van der Waals surface area contributed by atoms with Gasteiger partial charge in [-0.05, 0) is 90.6 Å². The summed E-state index contributed by atoms with van der Waals surface area (Å²) in [6.45, 7) is 9.26. The molecule has 0 unspecified atom stereocenters. The molecule has 0 bridgehead atoms. The molecule has 1 heterocycles. The van der Waals surface area contributed by atoms with E-state index in [1.165, 1.54) is 36.8 Å². The van der Waals surface area contributed by atoms with Gasteiger partial charge in [-0.2, -0.15) is 0 Å². The predicted octanol–water partition coefficient (Wildman–Crippen LogP) is 6.76. The highest BCUT2D eigenvalue weighted by atomic mass is 16.5. The van der Waals surface area contributed by atoms with E-state index in [0.717, 1.165) is 23.1 Å². The number of carboxylic acid groups (broad SMARTS) is 1. The largest absolute Gasteiger partial charge is 0.496 e. The Morgan fingerprint density at radius 2 is 1.76 bits per heavy atom. The van der Waals surface area contributed by atoms with E-state index in [4.69, 9.17) is 9.84 Å². The number of fused-ring (bicyclic) bond motifs is 1. The Morgan fingerprint density at radius 1 is 1.03 bits per heavy atom. The highest BCUT2D eigenvalue weighted by molar-refractivity contribution is 5.94. The van der Waals surface area contributed by atoms with E-state index in [-0.39, 0.29) is 11.3 Å². The molecule has 6 nitrogen and oxygen atoms in total. The van der Waals surface area contributed by atoms with Crippen molar-refractivity contribution >= 4 is 22.6 Å². The molecule has 0 saturated heterocycles. The summed E-state index contributed by atoms with van der Waals surface area (Å²) in [5.41, 5.74) is 3.02. The summed E-state index contributed by atoms with van der Waals surface area (Å²) < 4.78 is 5.35. The first-order chi connectivity index (χ1) is 17.6. The van der Waals surface area contributed by atoms with E-state index in [0.29, 0.717) is 23.8 Å². The number of pyridine rings is 1. The van der Waals surface area contributed by atoms with Crippen molar-refractivity contribution in [1.82, 2.24) is 10.3 Å². The first-order valence-corrected chi connectivity index (χ1v) is 13.0. The van der Waals surface area contributed by atoms with E-state index in [9.17, 15) is 9.59 Å². The number of carbonyl (C=O) groups excluding carboxylic acids is 1. The summed E-state index contributed by atoms with van der Waals surface area (Å²) >= 11 is 0. The molecule has 0 spiro atoms. The maximum absolute atomic E-state index is 12.0. The van der Waals surface area contributed by atoms with Crippen LogP contribution in [0.1, 0.15) is 80.3 Å². The van der Waals surface area contributed by atoms with E-state index in [2.05, 4.69) is 56.2 Å². The Hall–Kier alpha value is -3.41. The van der Waals surface area contributed by atoms with Gasteiger partial charge in [-0.15, -0.1) is 0 Å². The predicted molar refractivity (Wildman–Crippen MR) is 148 cm³/mol. The van der Waals surface area contributed by atoms with E-state index in [1.807, 2.05) is 0 Å². The molecule has 1 aromatic heterocycles. The fraction of sp³-hybridized carbons (Fsp3) is 0.452. The van der Waals surface area contributed by atoms with Crippen LogP contribution < -0.4 is 10.1 Å². The molecule has 6 heteroatoms. The fourth-order valence-corrected chi connectivity index (χ4v) is 4.87. The molecule has 0 radical (unpaired) electrons. The molecule has 1 fully saturated rings. The average molecular weight is 505 g/mol. The van der Waals surface area contributed by atoms with Crippen LogP contribution in [-0.4, -0.2) is 35.6 Å². The number of ether oxygens (including phenoxy) is 1. The third-order valence-corrected chi connectivity index (χ3v) is 6.90. The number of rotatable bonds is 6. The van der Waals surface area contributed by atoms with Gasteiger partial charge in [0.05, 0.1) is 12.7 Å². The van der Waals surface area contributed by atoms with Crippen LogP contribution in [0.5, 0.6) is 5.75 Å². The Morgan fingerprint density at radius 3 is 2.38 bits per heavy atom. The topological polar surface area (TPSA) is 88.5 Å². The summed E-state index contributed by atoms with van der Waals surface area (Å²) in [5.74, 6) is 1.53. The smallest absolute Gasteiger partial charge is 0.335 e. The first-order valence-electron chi connectivity index (χ1n) is 13.0. The zero-order chi connectivity index (χ0) is 27.0. The van der Waals surface area contributed by atoms with Crippen molar-refractivity contribution in [1.29, 1.82) is 0 Å². The summed E-state index contributed by atoms with van der Waals surface area (Å²) in [6.07, 6.45) is 8.79. The number of methoxy groups -OCH3 is 1. The summed E-state index contributed by atoms with van der Waals surface area (Å²) in [6, 6.07) is 13.3. The maximum atomic E-state index is 12.0. The van der Waals surface area contributed by atoms with Gasteiger partial charge < -0.3 is 15.2 Å². The number of nitrogens with zero attached hydrogens (tertiary/aromatic N) is 1. The second-order valence-corrected chi connectivity index (χ2v) is 11.2. The molecule has 0 atom stereocenters. The van der Waals surface area contributed by atoms with Crippen LogP contribution in [0.3, 0.4) is 0 Å².